The third-order valence-corrected chi connectivity index (χ3v) is 2.38. The van der Waals surface area contributed by atoms with Crippen molar-refractivity contribution in [2.45, 2.75) is 6.92 Å². The van der Waals surface area contributed by atoms with E-state index in [2.05, 4.69) is 15.2 Å². The Morgan fingerprint density at radius 1 is 1.17 bits per heavy atom. The van der Waals surface area contributed by atoms with E-state index in [9.17, 15) is 5.11 Å². The van der Waals surface area contributed by atoms with Crippen LogP contribution in [0.15, 0.2) is 58.9 Å². The molecule has 0 atom stereocenters. The Labute approximate surface area is 105 Å². The first-order chi connectivity index (χ1) is 8.77. The van der Waals surface area contributed by atoms with Gasteiger partial charge in [0.05, 0.1) is 17.6 Å². The molecule has 0 saturated carbocycles. The van der Waals surface area contributed by atoms with E-state index in [1.165, 1.54) is 6.21 Å². The smallest absolute Gasteiger partial charge is 0.124 e. The van der Waals surface area contributed by atoms with Gasteiger partial charge >= 0.3 is 0 Å². The van der Waals surface area contributed by atoms with Gasteiger partial charge in [0, 0.05) is 11.8 Å². The van der Waals surface area contributed by atoms with E-state index < -0.39 is 0 Å². The van der Waals surface area contributed by atoms with E-state index in [4.69, 9.17) is 0 Å². The van der Waals surface area contributed by atoms with Crippen molar-refractivity contribution in [1.29, 1.82) is 0 Å². The lowest BCUT2D eigenvalue weighted by molar-refractivity contribution is 0.474. The summed E-state index contributed by atoms with van der Waals surface area (Å²) < 4.78 is 0. The Hall–Kier alpha value is -2.49. The molecule has 1 aromatic heterocycles. The Balaban J connectivity index is 2.14. The number of phenolic OH excluding ortho intramolecular Hbond substituents is 1. The van der Waals surface area contributed by atoms with Gasteiger partial charge in [-0.25, -0.2) is 0 Å². The highest BCUT2D eigenvalue weighted by atomic mass is 16.3. The lowest BCUT2D eigenvalue weighted by atomic mass is 10.2. The first-order valence-corrected chi connectivity index (χ1v) is 5.54. The molecule has 2 rings (SSSR count). The van der Waals surface area contributed by atoms with Crippen molar-refractivity contribution in [3.8, 4) is 5.75 Å². The molecule has 0 aliphatic carbocycles. The van der Waals surface area contributed by atoms with Crippen LogP contribution < -0.4 is 0 Å². The zero-order chi connectivity index (χ0) is 12.8. The van der Waals surface area contributed by atoms with Crippen molar-refractivity contribution < 1.29 is 5.11 Å². The second-order valence-electron chi connectivity index (χ2n) is 3.70. The minimum atomic E-state index is 0.187. The maximum atomic E-state index is 9.54. The maximum Gasteiger partial charge on any atom is 0.124 e. The SMILES string of the molecule is C/C(=N\N=Cc1ccccc1O)c1ccccn1. The molecule has 4 heteroatoms. The molecule has 1 N–H and O–H groups in total. The van der Waals surface area contributed by atoms with Crippen LogP contribution in [-0.4, -0.2) is 22.0 Å². The van der Waals surface area contributed by atoms with E-state index >= 15 is 0 Å². The molecule has 0 spiro atoms. The summed E-state index contributed by atoms with van der Waals surface area (Å²) in [6.07, 6.45) is 3.23. The summed E-state index contributed by atoms with van der Waals surface area (Å²) in [6, 6.07) is 12.6. The van der Waals surface area contributed by atoms with Crippen molar-refractivity contribution in [2.24, 2.45) is 10.2 Å². The zero-order valence-electron chi connectivity index (χ0n) is 9.99. The molecule has 0 aliphatic rings. The molecule has 0 bridgehead atoms. The average Bonchev–Trinajstić information content (AvgIpc) is 2.42. The average molecular weight is 239 g/mol. The van der Waals surface area contributed by atoms with Gasteiger partial charge < -0.3 is 5.11 Å². The molecule has 2 aromatic rings. The number of hydrogen-bond acceptors (Lipinski definition) is 4. The summed E-state index contributed by atoms with van der Waals surface area (Å²) in [7, 11) is 0. The highest BCUT2D eigenvalue weighted by Gasteiger charge is 1.97. The van der Waals surface area contributed by atoms with Gasteiger partial charge in [-0.05, 0) is 31.2 Å². The molecule has 0 radical (unpaired) electrons. The van der Waals surface area contributed by atoms with Gasteiger partial charge in [0.1, 0.15) is 5.75 Å². The van der Waals surface area contributed by atoms with Crippen LogP contribution >= 0.6 is 0 Å². The highest BCUT2D eigenvalue weighted by molar-refractivity contribution is 5.97. The summed E-state index contributed by atoms with van der Waals surface area (Å²) in [5.74, 6) is 0.187. The van der Waals surface area contributed by atoms with Crippen molar-refractivity contribution in [3.05, 3.63) is 59.9 Å². The number of benzene rings is 1. The van der Waals surface area contributed by atoms with Gasteiger partial charge in [-0.15, -0.1) is 0 Å². The summed E-state index contributed by atoms with van der Waals surface area (Å²) in [5.41, 5.74) is 2.14. The van der Waals surface area contributed by atoms with E-state index in [-0.39, 0.29) is 5.75 Å². The van der Waals surface area contributed by atoms with Crippen molar-refractivity contribution >= 4 is 11.9 Å². The fourth-order valence-electron chi connectivity index (χ4n) is 1.40. The monoisotopic (exact) mass is 239 g/mol. The third kappa shape index (κ3) is 3.01. The van der Waals surface area contributed by atoms with Crippen molar-refractivity contribution in [3.63, 3.8) is 0 Å². The number of aromatic hydroxyl groups is 1. The molecule has 0 saturated heterocycles. The largest absolute Gasteiger partial charge is 0.507 e. The molecule has 0 fully saturated rings. The fourth-order valence-corrected chi connectivity index (χ4v) is 1.40. The van der Waals surface area contributed by atoms with Crippen LogP contribution in [0.25, 0.3) is 0 Å². The molecule has 0 aliphatic heterocycles. The number of rotatable bonds is 3. The lowest BCUT2D eigenvalue weighted by Crippen LogP contribution is -1.96. The van der Waals surface area contributed by atoms with Crippen LogP contribution in [-0.2, 0) is 0 Å². The lowest BCUT2D eigenvalue weighted by Gasteiger charge is -1.97. The number of aromatic nitrogens is 1. The Morgan fingerprint density at radius 3 is 2.67 bits per heavy atom. The van der Waals surface area contributed by atoms with Gasteiger partial charge in [-0.3, -0.25) is 4.98 Å². The van der Waals surface area contributed by atoms with Crippen LogP contribution in [0.4, 0.5) is 0 Å². The third-order valence-electron chi connectivity index (χ3n) is 2.38. The fraction of sp³-hybridized carbons (Fsp3) is 0.0714. The van der Waals surface area contributed by atoms with Crippen molar-refractivity contribution in [2.75, 3.05) is 0 Å². The number of hydrogen-bond donors (Lipinski definition) is 1. The van der Waals surface area contributed by atoms with Gasteiger partial charge in [-0.2, -0.15) is 10.2 Å². The van der Waals surface area contributed by atoms with Crippen LogP contribution in [0.2, 0.25) is 0 Å². The maximum absolute atomic E-state index is 9.54. The minimum Gasteiger partial charge on any atom is -0.507 e. The summed E-state index contributed by atoms with van der Waals surface area (Å²) in [4.78, 5) is 4.17. The second kappa shape index (κ2) is 5.72. The van der Waals surface area contributed by atoms with Gasteiger partial charge in [0.2, 0.25) is 0 Å². The zero-order valence-corrected chi connectivity index (χ0v) is 9.99. The highest BCUT2D eigenvalue weighted by Crippen LogP contribution is 2.12. The van der Waals surface area contributed by atoms with E-state index in [0.717, 1.165) is 11.4 Å². The van der Waals surface area contributed by atoms with Crippen LogP contribution in [0, 0.1) is 0 Å². The first-order valence-electron chi connectivity index (χ1n) is 5.54. The second-order valence-corrected chi connectivity index (χ2v) is 3.70. The first kappa shape index (κ1) is 12.0. The number of pyridine rings is 1. The molecule has 90 valence electrons. The van der Waals surface area contributed by atoms with Crippen molar-refractivity contribution in [1.82, 2.24) is 4.98 Å². The topological polar surface area (TPSA) is 57.8 Å². The summed E-state index contributed by atoms with van der Waals surface area (Å²) >= 11 is 0. The van der Waals surface area contributed by atoms with Gasteiger partial charge in [0.15, 0.2) is 0 Å². The molecular weight excluding hydrogens is 226 g/mol. The molecule has 4 nitrogen and oxygen atoms in total. The molecule has 18 heavy (non-hydrogen) atoms. The predicted molar refractivity (Wildman–Crippen MR) is 72.1 cm³/mol. The minimum absolute atomic E-state index is 0.187. The van der Waals surface area contributed by atoms with Crippen LogP contribution in [0.1, 0.15) is 18.2 Å². The summed E-state index contributed by atoms with van der Waals surface area (Å²) in [5, 5.41) is 17.5. The van der Waals surface area contributed by atoms with E-state index in [1.807, 2.05) is 31.2 Å². The van der Waals surface area contributed by atoms with Gasteiger partial charge in [0.25, 0.3) is 0 Å². The number of phenols is 1. The molecular formula is C14H13N3O. The number of para-hydroxylation sites is 1. The predicted octanol–water partition coefficient (Wildman–Crippen LogP) is 2.63. The molecule has 1 aromatic carbocycles. The Bertz CT molecular complexity index is 577. The summed E-state index contributed by atoms with van der Waals surface area (Å²) in [6.45, 7) is 1.84. The quantitative estimate of drug-likeness (QED) is 0.661. The van der Waals surface area contributed by atoms with Crippen LogP contribution in [0.5, 0.6) is 5.75 Å². The normalized spacial score (nSPS) is 11.9. The van der Waals surface area contributed by atoms with E-state index in [0.29, 0.717) is 5.56 Å². The Kier molecular flexibility index (Phi) is 3.81. The Morgan fingerprint density at radius 2 is 1.94 bits per heavy atom. The van der Waals surface area contributed by atoms with Gasteiger partial charge in [-0.1, -0.05) is 18.2 Å². The molecule has 0 amide bonds. The standard InChI is InChI=1S/C14H13N3O/c1-11(13-7-4-5-9-15-13)17-16-10-12-6-2-3-8-14(12)18/h2-10,18H,1H3/b16-10?,17-11+. The molecule has 0 unspecified atom stereocenters. The van der Waals surface area contributed by atoms with Crippen LogP contribution in [0.3, 0.4) is 0 Å². The molecule has 1 heterocycles. The van der Waals surface area contributed by atoms with E-state index in [1.54, 1.807) is 24.4 Å². The number of nitrogens with zero attached hydrogens (tertiary/aromatic N) is 3.